The lowest BCUT2D eigenvalue weighted by atomic mass is 9.94. The zero-order valence-corrected chi connectivity index (χ0v) is 24.4. The van der Waals surface area contributed by atoms with Gasteiger partial charge in [0.15, 0.2) is 0 Å². The molecule has 0 atom stereocenters. The van der Waals surface area contributed by atoms with Crippen molar-refractivity contribution in [2.75, 3.05) is 11.9 Å². The zero-order chi connectivity index (χ0) is 29.1. The van der Waals surface area contributed by atoms with Crippen LogP contribution in [0.1, 0.15) is 62.4 Å². The monoisotopic (exact) mass is 555 g/mol. The van der Waals surface area contributed by atoms with E-state index in [9.17, 15) is 10.1 Å². The third-order valence-electron chi connectivity index (χ3n) is 8.56. The van der Waals surface area contributed by atoms with Crippen molar-refractivity contribution in [3.63, 3.8) is 0 Å². The van der Waals surface area contributed by atoms with Crippen LogP contribution in [0.2, 0.25) is 0 Å². The van der Waals surface area contributed by atoms with Crippen LogP contribution >= 0.6 is 0 Å². The molecule has 0 unspecified atom stereocenters. The first kappa shape index (κ1) is 27.5. The third kappa shape index (κ3) is 5.47. The van der Waals surface area contributed by atoms with E-state index in [-0.39, 0.29) is 12.1 Å². The van der Waals surface area contributed by atoms with Gasteiger partial charge in [-0.2, -0.15) is 5.26 Å². The molecule has 6 nitrogen and oxygen atoms in total. The number of aryl methyl sites for hydroxylation is 1. The van der Waals surface area contributed by atoms with Gasteiger partial charge in [0.05, 0.1) is 16.6 Å². The fourth-order valence-corrected chi connectivity index (χ4v) is 6.20. The number of nitrogens with one attached hydrogen (secondary N) is 1. The molecule has 6 rings (SSSR count). The van der Waals surface area contributed by atoms with Crippen LogP contribution in [0.4, 0.5) is 10.5 Å². The van der Waals surface area contributed by atoms with Gasteiger partial charge in [0.2, 0.25) is 0 Å². The Hall–Kier alpha value is -4.63. The second-order valence-corrected chi connectivity index (χ2v) is 11.4. The summed E-state index contributed by atoms with van der Waals surface area (Å²) in [6.45, 7) is 2.85. The number of carbonyl (C=O) groups excluding carboxylic acids is 1. The van der Waals surface area contributed by atoms with Gasteiger partial charge in [-0.1, -0.05) is 86.8 Å². The number of benzene rings is 4. The minimum atomic E-state index is -0.0536. The lowest BCUT2D eigenvalue weighted by molar-refractivity contribution is 0.239. The molecule has 0 spiro atoms. The maximum absolute atomic E-state index is 13.1. The van der Waals surface area contributed by atoms with Gasteiger partial charge >= 0.3 is 6.03 Å². The number of rotatable bonds is 7. The topological polar surface area (TPSA) is 74.0 Å². The van der Waals surface area contributed by atoms with Crippen molar-refractivity contribution in [3.05, 3.63) is 95.8 Å². The Morgan fingerprint density at radius 1 is 1.02 bits per heavy atom. The highest BCUT2D eigenvalue weighted by Gasteiger charge is 2.20. The summed E-state index contributed by atoms with van der Waals surface area (Å²) in [7, 11) is 1.84. The van der Waals surface area contributed by atoms with Crippen LogP contribution in [0.15, 0.2) is 78.9 Å². The van der Waals surface area contributed by atoms with Crippen LogP contribution < -0.4 is 10.2 Å². The molecule has 42 heavy (non-hydrogen) atoms. The van der Waals surface area contributed by atoms with Crippen LogP contribution in [-0.4, -0.2) is 28.7 Å². The molecule has 2 amide bonds. The molecule has 1 heterocycles. The summed E-state index contributed by atoms with van der Waals surface area (Å²) in [5.74, 6) is 1.05. The van der Waals surface area contributed by atoms with Crippen LogP contribution in [0.3, 0.4) is 0 Å². The van der Waals surface area contributed by atoms with Gasteiger partial charge in [-0.25, -0.2) is 9.78 Å². The average molecular weight is 556 g/mol. The van der Waals surface area contributed by atoms with E-state index in [0.29, 0.717) is 12.1 Å². The summed E-state index contributed by atoms with van der Waals surface area (Å²) >= 11 is 0. The number of carbonyl (C=O) groups is 1. The highest BCUT2D eigenvalue weighted by Crippen LogP contribution is 2.31. The number of hydrogen-bond donors (Lipinski definition) is 1. The summed E-state index contributed by atoms with van der Waals surface area (Å²) < 4.78 is 2.28. The van der Waals surface area contributed by atoms with Gasteiger partial charge in [-0.3, -0.25) is 4.90 Å². The number of urea groups is 1. The van der Waals surface area contributed by atoms with Crippen LogP contribution in [0.25, 0.3) is 32.9 Å². The van der Waals surface area contributed by atoms with Gasteiger partial charge in [0, 0.05) is 42.7 Å². The Kier molecular flexibility index (Phi) is 7.92. The van der Waals surface area contributed by atoms with Gasteiger partial charge in [0.25, 0.3) is 0 Å². The number of amides is 2. The Morgan fingerprint density at radius 2 is 1.81 bits per heavy atom. The van der Waals surface area contributed by atoms with Gasteiger partial charge in [0.1, 0.15) is 11.9 Å². The maximum Gasteiger partial charge on any atom is 0.321 e. The minimum absolute atomic E-state index is 0.0536. The normalized spacial score (nSPS) is 13.7. The second kappa shape index (κ2) is 12.1. The molecule has 0 bridgehead atoms. The molecule has 212 valence electrons. The standard InChI is InChI=1S/C36H37N5O/c1-3-9-35-39-33-21-19-29(40(2)36(42)38-28-11-5-4-6-12-28)22-34(33)41(35)24-25-14-16-27(17-15-25)31-20-18-26-10-7-8-13-30(26)32(31)23-37/h7-8,10,13-22,28H,3-6,9,11-12,24H2,1-2H3,(H,38,42). The average Bonchev–Trinajstić information content (AvgIpc) is 3.36. The summed E-state index contributed by atoms with van der Waals surface area (Å²) in [4.78, 5) is 19.8. The van der Waals surface area contributed by atoms with Gasteiger partial charge in [-0.15, -0.1) is 0 Å². The second-order valence-electron chi connectivity index (χ2n) is 11.4. The predicted octanol–water partition coefficient (Wildman–Crippen LogP) is 8.21. The van der Waals surface area contributed by atoms with Gasteiger partial charge in [-0.05, 0) is 54.0 Å². The third-order valence-corrected chi connectivity index (χ3v) is 8.56. The number of fused-ring (bicyclic) bond motifs is 2. The molecule has 1 aliphatic rings. The minimum Gasteiger partial charge on any atom is -0.335 e. The van der Waals surface area contributed by atoms with Crippen LogP contribution in [0.5, 0.6) is 0 Å². The first-order valence-corrected chi connectivity index (χ1v) is 15.1. The fourth-order valence-electron chi connectivity index (χ4n) is 6.20. The van der Waals surface area contributed by atoms with Crippen molar-refractivity contribution >= 4 is 33.5 Å². The first-order chi connectivity index (χ1) is 20.6. The van der Waals surface area contributed by atoms with Crippen molar-refractivity contribution in [3.8, 4) is 17.2 Å². The number of imidazole rings is 1. The summed E-state index contributed by atoms with van der Waals surface area (Å²) in [5, 5.41) is 15.2. The molecule has 6 heteroatoms. The van der Waals surface area contributed by atoms with Crippen LogP contribution in [0, 0.1) is 11.3 Å². The smallest absolute Gasteiger partial charge is 0.321 e. The molecule has 1 fully saturated rings. The number of nitriles is 1. The fraction of sp³-hybridized carbons (Fsp3) is 0.306. The SMILES string of the molecule is CCCc1nc2ccc(N(C)C(=O)NC3CCCCC3)cc2n1Cc1ccc(-c2ccc3ccccc3c2C#N)cc1. The Morgan fingerprint density at radius 3 is 2.57 bits per heavy atom. The van der Waals surface area contributed by atoms with E-state index in [4.69, 9.17) is 4.98 Å². The van der Waals surface area contributed by atoms with Crippen molar-refractivity contribution in [2.45, 2.75) is 64.5 Å². The van der Waals surface area contributed by atoms with E-state index < -0.39 is 0 Å². The molecule has 0 aliphatic heterocycles. The highest BCUT2D eigenvalue weighted by molar-refractivity contribution is 5.95. The lowest BCUT2D eigenvalue weighted by Crippen LogP contribution is -2.43. The molecule has 4 aromatic carbocycles. The number of anilines is 1. The van der Waals surface area contributed by atoms with E-state index >= 15 is 0 Å². The summed E-state index contributed by atoms with van der Waals surface area (Å²) in [6.07, 6.45) is 7.62. The summed E-state index contributed by atoms with van der Waals surface area (Å²) in [5.41, 5.74) is 6.66. The molecular formula is C36H37N5O. The summed E-state index contributed by atoms with van der Waals surface area (Å²) in [6, 6.07) is 29.4. The number of hydrogen-bond acceptors (Lipinski definition) is 3. The predicted molar refractivity (Wildman–Crippen MR) is 171 cm³/mol. The number of nitrogens with zero attached hydrogens (tertiary/aromatic N) is 4. The van der Waals surface area contributed by atoms with E-state index in [1.165, 1.54) is 19.3 Å². The molecule has 0 radical (unpaired) electrons. The van der Waals surface area contributed by atoms with E-state index in [0.717, 1.165) is 75.7 Å². The Balaban J connectivity index is 1.28. The maximum atomic E-state index is 13.1. The van der Waals surface area contributed by atoms with E-state index in [2.05, 4.69) is 59.3 Å². The molecular weight excluding hydrogens is 518 g/mol. The van der Waals surface area contributed by atoms with E-state index in [1.807, 2.05) is 49.5 Å². The number of aromatic nitrogens is 2. The quantitative estimate of drug-likeness (QED) is 0.220. The molecule has 5 aromatic rings. The molecule has 1 saturated carbocycles. The van der Waals surface area contributed by atoms with Crippen LogP contribution in [-0.2, 0) is 13.0 Å². The van der Waals surface area contributed by atoms with Gasteiger partial charge < -0.3 is 9.88 Å². The molecule has 1 N–H and O–H groups in total. The Labute approximate surface area is 247 Å². The van der Waals surface area contributed by atoms with Crippen molar-refractivity contribution in [2.24, 2.45) is 0 Å². The first-order valence-electron chi connectivity index (χ1n) is 15.1. The molecule has 1 aliphatic carbocycles. The van der Waals surface area contributed by atoms with Crippen molar-refractivity contribution < 1.29 is 4.79 Å². The highest BCUT2D eigenvalue weighted by atomic mass is 16.2. The molecule has 1 aromatic heterocycles. The largest absolute Gasteiger partial charge is 0.335 e. The Bertz CT molecular complexity index is 1770. The molecule has 0 saturated heterocycles. The lowest BCUT2D eigenvalue weighted by Gasteiger charge is -2.26. The van der Waals surface area contributed by atoms with Crippen molar-refractivity contribution in [1.82, 2.24) is 14.9 Å². The van der Waals surface area contributed by atoms with E-state index in [1.54, 1.807) is 4.90 Å². The van der Waals surface area contributed by atoms with Crippen molar-refractivity contribution in [1.29, 1.82) is 5.26 Å². The zero-order valence-electron chi connectivity index (χ0n) is 24.4.